The molecule has 0 radical (unpaired) electrons. The van der Waals surface area contributed by atoms with Crippen LogP contribution in [-0.2, 0) is 5.54 Å². The summed E-state index contributed by atoms with van der Waals surface area (Å²) in [5.74, 6) is 1.02. The van der Waals surface area contributed by atoms with Crippen LogP contribution in [0.5, 0.6) is 0 Å². The highest BCUT2D eigenvalue weighted by Gasteiger charge is 2.38. The summed E-state index contributed by atoms with van der Waals surface area (Å²) in [5.41, 5.74) is 0.286. The number of aromatic nitrogens is 3. The Labute approximate surface area is 83.2 Å². The molecular formula is C9H15N3S. The molecule has 0 spiro atoms. The molecule has 0 bridgehead atoms. The molecule has 1 aromatic heterocycles. The number of aromatic amines is 1. The normalized spacial score (nSPS) is 19.8. The maximum atomic E-state index is 5.23. The van der Waals surface area contributed by atoms with Gasteiger partial charge in [0, 0.05) is 5.54 Å². The summed E-state index contributed by atoms with van der Waals surface area (Å²) in [4.78, 5) is 0. The Morgan fingerprint density at radius 2 is 2.31 bits per heavy atom. The van der Waals surface area contributed by atoms with Crippen LogP contribution in [0.2, 0.25) is 0 Å². The summed E-state index contributed by atoms with van der Waals surface area (Å²) in [5, 5.41) is 7.02. The van der Waals surface area contributed by atoms with Crippen LogP contribution >= 0.6 is 12.2 Å². The molecule has 4 heteroatoms. The van der Waals surface area contributed by atoms with Gasteiger partial charge in [0.05, 0.1) is 0 Å². The van der Waals surface area contributed by atoms with Crippen LogP contribution in [0.4, 0.5) is 0 Å². The van der Waals surface area contributed by atoms with Gasteiger partial charge in [0.15, 0.2) is 4.77 Å². The lowest BCUT2D eigenvalue weighted by Crippen LogP contribution is -2.40. The number of aryl methyl sites for hydroxylation is 1. The van der Waals surface area contributed by atoms with Crippen molar-refractivity contribution < 1.29 is 0 Å². The minimum absolute atomic E-state index is 0.286. The zero-order chi connectivity index (χ0) is 9.47. The second kappa shape index (κ2) is 2.94. The molecule has 0 saturated heterocycles. The van der Waals surface area contributed by atoms with Crippen molar-refractivity contribution in [2.24, 2.45) is 0 Å². The van der Waals surface area contributed by atoms with Crippen molar-refractivity contribution in [2.45, 2.75) is 45.1 Å². The second-order valence-corrected chi connectivity index (χ2v) is 4.23. The molecule has 2 rings (SSSR count). The predicted octanol–water partition coefficient (Wildman–Crippen LogP) is 2.54. The SMILES string of the molecule is CCC1(n2c(C)n[nH]c2=S)CCC1. The standard InChI is InChI=1S/C9H15N3S/c1-3-9(5-4-6-9)12-7(2)10-11-8(12)13/h3-6H2,1-2H3,(H,11,13). The van der Waals surface area contributed by atoms with E-state index < -0.39 is 0 Å². The first kappa shape index (κ1) is 8.94. The van der Waals surface area contributed by atoms with Gasteiger partial charge < -0.3 is 0 Å². The highest BCUT2D eigenvalue weighted by Crippen LogP contribution is 2.42. The molecule has 1 aliphatic rings. The van der Waals surface area contributed by atoms with Gasteiger partial charge in [-0.25, -0.2) is 0 Å². The number of rotatable bonds is 2. The zero-order valence-electron chi connectivity index (χ0n) is 8.13. The molecule has 72 valence electrons. The highest BCUT2D eigenvalue weighted by atomic mass is 32.1. The molecule has 1 aliphatic carbocycles. The van der Waals surface area contributed by atoms with Crippen LogP contribution in [0.1, 0.15) is 38.4 Å². The van der Waals surface area contributed by atoms with Crippen molar-refractivity contribution in [1.82, 2.24) is 14.8 Å². The Kier molecular flexibility index (Phi) is 2.02. The third-order valence-electron chi connectivity index (χ3n) is 3.26. The molecule has 1 aromatic rings. The van der Waals surface area contributed by atoms with Crippen molar-refractivity contribution in [1.29, 1.82) is 0 Å². The summed E-state index contributed by atoms with van der Waals surface area (Å²) < 4.78 is 2.98. The van der Waals surface area contributed by atoms with E-state index in [1.165, 1.54) is 19.3 Å². The van der Waals surface area contributed by atoms with Crippen LogP contribution in [0.25, 0.3) is 0 Å². The molecule has 1 fully saturated rings. The van der Waals surface area contributed by atoms with Gasteiger partial charge in [-0.15, -0.1) is 0 Å². The quantitative estimate of drug-likeness (QED) is 0.739. The van der Waals surface area contributed by atoms with Crippen molar-refractivity contribution in [3.63, 3.8) is 0 Å². The summed E-state index contributed by atoms with van der Waals surface area (Å²) >= 11 is 5.23. The van der Waals surface area contributed by atoms with E-state index in [1.54, 1.807) is 0 Å². The predicted molar refractivity (Wildman–Crippen MR) is 54.3 cm³/mol. The molecule has 0 amide bonds. The van der Waals surface area contributed by atoms with E-state index in [0.29, 0.717) is 0 Å². The molecule has 1 heterocycles. The van der Waals surface area contributed by atoms with Crippen molar-refractivity contribution >= 4 is 12.2 Å². The molecule has 3 nitrogen and oxygen atoms in total. The largest absolute Gasteiger partial charge is 0.298 e. The molecule has 0 aliphatic heterocycles. The monoisotopic (exact) mass is 197 g/mol. The number of H-pyrrole nitrogens is 1. The highest BCUT2D eigenvalue weighted by molar-refractivity contribution is 7.71. The smallest absolute Gasteiger partial charge is 0.195 e. The first-order valence-electron chi connectivity index (χ1n) is 4.84. The van der Waals surface area contributed by atoms with E-state index in [2.05, 4.69) is 21.7 Å². The van der Waals surface area contributed by atoms with Gasteiger partial charge in [0.25, 0.3) is 0 Å². The lowest BCUT2D eigenvalue weighted by Gasteiger charge is -2.42. The molecule has 1 N–H and O–H groups in total. The Bertz CT molecular complexity index is 354. The Hall–Kier alpha value is -0.640. The fraction of sp³-hybridized carbons (Fsp3) is 0.778. The maximum absolute atomic E-state index is 5.23. The minimum atomic E-state index is 0.286. The van der Waals surface area contributed by atoms with Crippen molar-refractivity contribution in [2.75, 3.05) is 0 Å². The molecule has 0 unspecified atom stereocenters. The van der Waals surface area contributed by atoms with Gasteiger partial charge in [0.2, 0.25) is 0 Å². The van der Waals surface area contributed by atoms with E-state index in [9.17, 15) is 0 Å². The van der Waals surface area contributed by atoms with Crippen molar-refractivity contribution in [3.8, 4) is 0 Å². The third-order valence-corrected chi connectivity index (χ3v) is 3.53. The first-order valence-corrected chi connectivity index (χ1v) is 5.25. The van der Waals surface area contributed by atoms with Gasteiger partial charge in [-0.3, -0.25) is 9.67 Å². The van der Waals surface area contributed by atoms with E-state index >= 15 is 0 Å². The summed E-state index contributed by atoms with van der Waals surface area (Å²) in [6, 6.07) is 0. The fourth-order valence-electron chi connectivity index (χ4n) is 2.25. The summed E-state index contributed by atoms with van der Waals surface area (Å²) in [7, 11) is 0. The average molecular weight is 197 g/mol. The van der Waals surface area contributed by atoms with E-state index in [0.717, 1.165) is 17.0 Å². The average Bonchev–Trinajstić information content (AvgIpc) is 2.35. The lowest BCUT2D eigenvalue weighted by atomic mass is 9.74. The maximum Gasteiger partial charge on any atom is 0.195 e. The van der Waals surface area contributed by atoms with Crippen LogP contribution < -0.4 is 0 Å². The zero-order valence-corrected chi connectivity index (χ0v) is 8.95. The molecule has 13 heavy (non-hydrogen) atoms. The number of hydrogen-bond acceptors (Lipinski definition) is 2. The van der Waals surface area contributed by atoms with Crippen LogP contribution in [0, 0.1) is 11.7 Å². The number of hydrogen-bond donors (Lipinski definition) is 1. The summed E-state index contributed by atoms with van der Waals surface area (Å²) in [6.45, 7) is 4.25. The van der Waals surface area contributed by atoms with Gasteiger partial charge in [0.1, 0.15) is 5.82 Å². The lowest BCUT2D eigenvalue weighted by molar-refractivity contribution is 0.131. The topological polar surface area (TPSA) is 33.6 Å². The Morgan fingerprint density at radius 3 is 2.62 bits per heavy atom. The van der Waals surface area contributed by atoms with Gasteiger partial charge >= 0.3 is 0 Å². The fourth-order valence-corrected chi connectivity index (χ4v) is 2.63. The Morgan fingerprint density at radius 1 is 1.62 bits per heavy atom. The molecule has 0 atom stereocenters. The molecular weight excluding hydrogens is 182 g/mol. The minimum Gasteiger partial charge on any atom is -0.298 e. The van der Waals surface area contributed by atoms with Crippen LogP contribution in [0.15, 0.2) is 0 Å². The van der Waals surface area contributed by atoms with Gasteiger partial charge in [-0.1, -0.05) is 6.92 Å². The van der Waals surface area contributed by atoms with Crippen LogP contribution in [-0.4, -0.2) is 14.8 Å². The van der Waals surface area contributed by atoms with E-state index in [-0.39, 0.29) is 5.54 Å². The number of nitrogens with one attached hydrogen (secondary N) is 1. The van der Waals surface area contributed by atoms with Crippen molar-refractivity contribution in [3.05, 3.63) is 10.6 Å². The second-order valence-electron chi connectivity index (χ2n) is 3.84. The Balaban J connectivity index is 2.49. The molecule has 1 saturated carbocycles. The van der Waals surface area contributed by atoms with Gasteiger partial charge in [-0.2, -0.15) is 5.10 Å². The molecule has 0 aromatic carbocycles. The first-order chi connectivity index (χ1) is 6.19. The van der Waals surface area contributed by atoms with E-state index in [4.69, 9.17) is 12.2 Å². The third kappa shape index (κ3) is 1.15. The number of nitrogens with zero attached hydrogens (tertiary/aromatic N) is 2. The van der Waals surface area contributed by atoms with Crippen LogP contribution in [0.3, 0.4) is 0 Å². The summed E-state index contributed by atoms with van der Waals surface area (Å²) in [6.07, 6.45) is 4.97. The van der Waals surface area contributed by atoms with Gasteiger partial charge in [-0.05, 0) is 44.8 Å². The van der Waals surface area contributed by atoms with E-state index in [1.807, 2.05) is 6.92 Å².